The van der Waals surface area contributed by atoms with Crippen molar-refractivity contribution in [1.29, 1.82) is 0 Å². The van der Waals surface area contributed by atoms with Gasteiger partial charge in [-0.15, -0.1) is 0 Å². The van der Waals surface area contributed by atoms with E-state index < -0.39 is 0 Å². The summed E-state index contributed by atoms with van der Waals surface area (Å²) >= 11 is 0. The fourth-order valence-corrected chi connectivity index (χ4v) is 4.52. The minimum absolute atomic E-state index is 0.0140. The highest BCUT2D eigenvalue weighted by molar-refractivity contribution is 5.98. The van der Waals surface area contributed by atoms with Crippen LogP contribution in [0.3, 0.4) is 0 Å². The summed E-state index contributed by atoms with van der Waals surface area (Å²) in [5.74, 6) is 2.34. The Labute approximate surface area is 190 Å². The lowest BCUT2D eigenvalue weighted by atomic mass is 10.1. The van der Waals surface area contributed by atoms with Crippen molar-refractivity contribution < 1.29 is 18.8 Å². The molecule has 33 heavy (non-hydrogen) atoms. The van der Waals surface area contributed by atoms with Crippen LogP contribution in [0.5, 0.6) is 11.5 Å². The molecule has 2 aliphatic heterocycles. The number of nitrogens with one attached hydrogen (secondary N) is 1. The minimum Gasteiger partial charge on any atom is -0.454 e. The number of amides is 1. The van der Waals surface area contributed by atoms with Crippen molar-refractivity contribution in [2.45, 2.75) is 18.5 Å². The van der Waals surface area contributed by atoms with Crippen LogP contribution in [0.15, 0.2) is 65.2 Å². The predicted octanol–water partition coefficient (Wildman–Crippen LogP) is 3.79. The molecule has 8 heteroatoms. The molecule has 166 valence electrons. The molecule has 2 atom stereocenters. The molecular formula is C25H22N4O4. The van der Waals surface area contributed by atoms with Crippen LogP contribution in [0.4, 0.5) is 0 Å². The van der Waals surface area contributed by atoms with Gasteiger partial charge in [0.1, 0.15) is 0 Å². The van der Waals surface area contributed by atoms with E-state index in [0.717, 1.165) is 16.3 Å². The Morgan fingerprint density at radius 2 is 1.88 bits per heavy atom. The Hall–Kier alpha value is -3.91. The van der Waals surface area contributed by atoms with Crippen LogP contribution in [-0.4, -0.2) is 47.4 Å². The maximum absolute atomic E-state index is 12.9. The van der Waals surface area contributed by atoms with Crippen LogP contribution in [-0.2, 0) is 0 Å². The molecule has 8 nitrogen and oxygen atoms in total. The molecule has 2 aliphatic rings. The maximum Gasteiger partial charge on any atom is 0.251 e. The molecule has 1 aromatic heterocycles. The van der Waals surface area contributed by atoms with E-state index in [2.05, 4.69) is 20.4 Å². The van der Waals surface area contributed by atoms with Gasteiger partial charge in [0, 0.05) is 23.7 Å². The lowest BCUT2D eigenvalue weighted by molar-refractivity contribution is 0.0938. The molecule has 4 aromatic rings. The van der Waals surface area contributed by atoms with Gasteiger partial charge in [-0.3, -0.25) is 9.69 Å². The van der Waals surface area contributed by atoms with E-state index in [9.17, 15) is 4.79 Å². The van der Waals surface area contributed by atoms with Crippen LogP contribution in [0, 0.1) is 0 Å². The van der Waals surface area contributed by atoms with Crippen LogP contribution in [0.2, 0.25) is 0 Å². The van der Waals surface area contributed by atoms with Crippen molar-refractivity contribution in [2.75, 3.05) is 20.4 Å². The lowest BCUT2D eigenvalue weighted by Crippen LogP contribution is -2.36. The molecule has 0 spiro atoms. The first-order chi connectivity index (χ1) is 16.1. The minimum atomic E-state index is -0.0774. The number of likely N-dealkylation sites (N-methyl/N-ethyl adjacent to an activating group) is 1. The van der Waals surface area contributed by atoms with Gasteiger partial charge in [-0.25, -0.2) is 0 Å². The standard InChI is InChI=1S/C25H22N4O4/c1-29-13-19(26-24(30)18-7-6-15-4-2-3-5-16(15)10-18)12-20(29)25-27-23(28-33-25)17-8-9-21-22(11-17)32-14-31-21/h2-11,19-20H,12-14H2,1H3,(H,26,30). The van der Waals surface area contributed by atoms with Crippen molar-refractivity contribution in [3.8, 4) is 22.9 Å². The zero-order valence-electron chi connectivity index (χ0n) is 18.0. The van der Waals surface area contributed by atoms with Gasteiger partial charge in [0.15, 0.2) is 11.5 Å². The first kappa shape index (κ1) is 19.8. The van der Waals surface area contributed by atoms with Gasteiger partial charge < -0.3 is 19.3 Å². The van der Waals surface area contributed by atoms with Gasteiger partial charge in [0.2, 0.25) is 18.5 Å². The van der Waals surface area contributed by atoms with Crippen LogP contribution in [0.1, 0.15) is 28.7 Å². The molecule has 1 N–H and O–H groups in total. The van der Waals surface area contributed by atoms with E-state index in [0.29, 0.717) is 41.7 Å². The highest BCUT2D eigenvalue weighted by Gasteiger charge is 2.35. The van der Waals surface area contributed by atoms with Gasteiger partial charge in [-0.2, -0.15) is 4.98 Å². The van der Waals surface area contributed by atoms with Crippen molar-refractivity contribution in [3.05, 3.63) is 72.1 Å². The number of carbonyl (C=O) groups is 1. The van der Waals surface area contributed by atoms with Crippen molar-refractivity contribution in [2.24, 2.45) is 0 Å². The van der Waals surface area contributed by atoms with Crippen molar-refractivity contribution >= 4 is 16.7 Å². The quantitative estimate of drug-likeness (QED) is 0.514. The molecule has 3 aromatic carbocycles. The molecular weight excluding hydrogens is 420 g/mol. The number of aromatic nitrogens is 2. The third-order valence-electron chi connectivity index (χ3n) is 6.25. The van der Waals surface area contributed by atoms with Gasteiger partial charge in [-0.05, 0) is 54.6 Å². The number of hydrogen-bond donors (Lipinski definition) is 1. The number of likely N-dealkylation sites (tertiary alicyclic amines) is 1. The maximum atomic E-state index is 12.9. The molecule has 0 bridgehead atoms. The van der Waals surface area contributed by atoms with Crippen molar-refractivity contribution in [3.63, 3.8) is 0 Å². The second-order valence-corrected chi connectivity index (χ2v) is 8.45. The average molecular weight is 442 g/mol. The highest BCUT2D eigenvalue weighted by atomic mass is 16.7. The van der Waals surface area contributed by atoms with E-state index in [1.807, 2.05) is 67.7 Å². The number of ether oxygens (including phenoxy) is 2. The summed E-state index contributed by atoms with van der Waals surface area (Å²) in [5.41, 5.74) is 1.46. The monoisotopic (exact) mass is 442 g/mol. The first-order valence-corrected chi connectivity index (χ1v) is 10.9. The van der Waals surface area contributed by atoms with Crippen LogP contribution < -0.4 is 14.8 Å². The third-order valence-corrected chi connectivity index (χ3v) is 6.25. The number of hydrogen-bond acceptors (Lipinski definition) is 7. The lowest BCUT2D eigenvalue weighted by Gasteiger charge is -2.14. The Morgan fingerprint density at radius 1 is 1.03 bits per heavy atom. The number of rotatable bonds is 4. The highest BCUT2D eigenvalue weighted by Crippen LogP contribution is 2.36. The third kappa shape index (κ3) is 3.68. The van der Waals surface area contributed by atoms with Gasteiger partial charge in [0.05, 0.1) is 6.04 Å². The SMILES string of the molecule is CN1CC(NC(=O)c2ccc3ccccc3c2)CC1c1nc(-c2ccc3c(c2)OCO3)no1. The summed E-state index contributed by atoms with van der Waals surface area (Å²) in [6.45, 7) is 0.918. The van der Waals surface area contributed by atoms with Crippen LogP contribution >= 0.6 is 0 Å². The molecule has 1 saturated heterocycles. The number of nitrogens with zero attached hydrogens (tertiary/aromatic N) is 3. The fourth-order valence-electron chi connectivity index (χ4n) is 4.52. The predicted molar refractivity (Wildman–Crippen MR) is 121 cm³/mol. The van der Waals surface area contributed by atoms with Crippen LogP contribution in [0.25, 0.3) is 22.2 Å². The second-order valence-electron chi connectivity index (χ2n) is 8.45. The van der Waals surface area contributed by atoms with Gasteiger partial charge >= 0.3 is 0 Å². The molecule has 0 saturated carbocycles. The Morgan fingerprint density at radius 3 is 2.79 bits per heavy atom. The Kier molecular flexibility index (Phi) is 4.73. The number of fused-ring (bicyclic) bond motifs is 2. The molecule has 1 fully saturated rings. The van der Waals surface area contributed by atoms with Gasteiger partial charge in [-0.1, -0.05) is 35.5 Å². The summed E-state index contributed by atoms with van der Waals surface area (Å²) in [5, 5.41) is 9.48. The summed E-state index contributed by atoms with van der Waals surface area (Å²) in [6, 6.07) is 19.3. The first-order valence-electron chi connectivity index (χ1n) is 10.9. The molecule has 3 heterocycles. The van der Waals surface area contributed by atoms with E-state index in [1.165, 1.54) is 0 Å². The van der Waals surface area contributed by atoms with E-state index >= 15 is 0 Å². The molecule has 0 radical (unpaired) electrons. The number of carbonyl (C=O) groups excluding carboxylic acids is 1. The van der Waals surface area contributed by atoms with E-state index in [-0.39, 0.29) is 24.8 Å². The molecule has 2 unspecified atom stereocenters. The molecule has 1 amide bonds. The normalized spacial score (nSPS) is 19.8. The van der Waals surface area contributed by atoms with Crippen molar-refractivity contribution in [1.82, 2.24) is 20.4 Å². The zero-order valence-corrected chi connectivity index (χ0v) is 18.0. The number of benzene rings is 3. The largest absolute Gasteiger partial charge is 0.454 e. The average Bonchev–Trinajstić information content (AvgIpc) is 3.57. The van der Waals surface area contributed by atoms with E-state index in [1.54, 1.807) is 0 Å². The summed E-state index contributed by atoms with van der Waals surface area (Å²) < 4.78 is 16.4. The summed E-state index contributed by atoms with van der Waals surface area (Å²) in [4.78, 5) is 19.6. The Bertz CT molecular complexity index is 1350. The van der Waals surface area contributed by atoms with Gasteiger partial charge in [0.25, 0.3) is 5.91 Å². The Balaban J connectivity index is 1.15. The topological polar surface area (TPSA) is 89.7 Å². The molecule has 6 rings (SSSR count). The summed E-state index contributed by atoms with van der Waals surface area (Å²) in [7, 11) is 2.00. The zero-order chi connectivity index (χ0) is 22.4. The second kappa shape index (κ2) is 7.90. The van der Waals surface area contributed by atoms with E-state index in [4.69, 9.17) is 14.0 Å². The summed E-state index contributed by atoms with van der Waals surface area (Å²) in [6.07, 6.45) is 0.693. The smallest absolute Gasteiger partial charge is 0.251 e. The molecule has 0 aliphatic carbocycles. The fraction of sp³-hybridized carbons (Fsp3) is 0.240.